The summed E-state index contributed by atoms with van der Waals surface area (Å²) < 4.78 is 0. The molecule has 2 N–H and O–H groups in total. The first-order valence-corrected chi connectivity index (χ1v) is 9.10. The molecule has 0 saturated carbocycles. The zero-order valence-electron chi connectivity index (χ0n) is 14.8. The Hall–Kier alpha value is -2.65. The van der Waals surface area contributed by atoms with E-state index < -0.39 is 0 Å². The average molecular weight is 364 g/mol. The van der Waals surface area contributed by atoms with Crippen molar-refractivity contribution in [2.45, 2.75) is 25.8 Å². The van der Waals surface area contributed by atoms with Crippen molar-refractivity contribution in [3.63, 3.8) is 0 Å². The van der Waals surface area contributed by atoms with Crippen molar-refractivity contribution in [2.75, 3.05) is 0 Å². The minimum absolute atomic E-state index is 0.0827. The van der Waals surface area contributed by atoms with Crippen molar-refractivity contribution in [1.29, 1.82) is 0 Å². The molecule has 26 heavy (non-hydrogen) atoms. The van der Waals surface area contributed by atoms with Gasteiger partial charge in [-0.15, -0.1) is 0 Å². The largest absolute Gasteiger partial charge is 0.383 e. The van der Waals surface area contributed by atoms with Gasteiger partial charge in [-0.2, -0.15) is 0 Å². The van der Waals surface area contributed by atoms with Gasteiger partial charge in [-0.1, -0.05) is 72.3 Å². The Labute approximate surface area is 159 Å². The van der Waals surface area contributed by atoms with E-state index in [0.717, 1.165) is 29.5 Å². The maximum absolute atomic E-state index is 6.27. The normalized spacial score (nSPS) is 16.3. The molecule has 0 aliphatic heterocycles. The fraction of sp³-hybridized carbons (Fsp3) is 0.182. The molecule has 0 heterocycles. The standard InChI is InChI=1S/C22H22ClN3/c1-16(19-13-8-14-20(23)15-19)25-22(18-11-6-3-7-12-18)26-21(24)17-9-4-2-5-10-17/h2-4,6-9,11-16H,5,10H2,1H3,(H2,24,25,26). The molecule has 1 atom stereocenters. The summed E-state index contributed by atoms with van der Waals surface area (Å²) in [6, 6.07) is 17.6. The van der Waals surface area contributed by atoms with Gasteiger partial charge in [-0.25, -0.2) is 4.99 Å². The van der Waals surface area contributed by atoms with E-state index in [0.29, 0.717) is 16.7 Å². The monoisotopic (exact) mass is 363 g/mol. The number of aliphatic imine (C=N–C) groups is 2. The van der Waals surface area contributed by atoms with E-state index in [-0.39, 0.29) is 6.04 Å². The van der Waals surface area contributed by atoms with Crippen LogP contribution in [0.15, 0.2) is 88.4 Å². The predicted octanol–water partition coefficient (Wildman–Crippen LogP) is 5.48. The lowest BCUT2D eigenvalue weighted by Gasteiger charge is -2.12. The van der Waals surface area contributed by atoms with E-state index >= 15 is 0 Å². The quantitative estimate of drug-likeness (QED) is 0.567. The molecule has 3 nitrogen and oxygen atoms in total. The molecule has 3 rings (SSSR count). The second-order valence-corrected chi connectivity index (χ2v) is 6.64. The Balaban J connectivity index is 1.98. The molecule has 4 heteroatoms. The van der Waals surface area contributed by atoms with Crippen molar-refractivity contribution in [2.24, 2.45) is 15.7 Å². The van der Waals surface area contributed by atoms with Crippen LogP contribution in [0.2, 0.25) is 5.02 Å². The topological polar surface area (TPSA) is 50.7 Å². The maximum atomic E-state index is 6.27. The number of amidine groups is 2. The first-order valence-electron chi connectivity index (χ1n) is 8.72. The average Bonchev–Trinajstić information content (AvgIpc) is 2.68. The number of nitrogens with two attached hydrogens (primary N) is 1. The Morgan fingerprint density at radius 1 is 1.12 bits per heavy atom. The SMILES string of the molecule is CC(N=C(N=C(N)C1=CC=CCC1)c1ccccc1)c1cccc(Cl)c1. The highest BCUT2D eigenvalue weighted by atomic mass is 35.5. The molecule has 0 bridgehead atoms. The van der Waals surface area contributed by atoms with Gasteiger partial charge in [0.05, 0.1) is 6.04 Å². The molecule has 2 aromatic carbocycles. The summed E-state index contributed by atoms with van der Waals surface area (Å²) in [6.07, 6.45) is 8.06. The lowest BCUT2D eigenvalue weighted by molar-refractivity contribution is 0.818. The van der Waals surface area contributed by atoms with Gasteiger partial charge in [-0.3, -0.25) is 4.99 Å². The van der Waals surface area contributed by atoms with Gasteiger partial charge in [0.2, 0.25) is 0 Å². The van der Waals surface area contributed by atoms with Crippen molar-refractivity contribution in [3.05, 3.63) is 94.5 Å². The van der Waals surface area contributed by atoms with E-state index in [4.69, 9.17) is 22.3 Å². The number of nitrogens with zero attached hydrogens (tertiary/aromatic N) is 2. The minimum Gasteiger partial charge on any atom is -0.383 e. The van der Waals surface area contributed by atoms with Crippen molar-refractivity contribution in [3.8, 4) is 0 Å². The molecule has 2 aromatic rings. The van der Waals surface area contributed by atoms with Crippen LogP contribution < -0.4 is 5.73 Å². The lowest BCUT2D eigenvalue weighted by Crippen LogP contribution is -2.18. The third kappa shape index (κ3) is 4.70. The summed E-state index contributed by atoms with van der Waals surface area (Å²) >= 11 is 6.12. The van der Waals surface area contributed by atoms with Crippen LogP contribution in [0, 0.1) is 0 Å². The number of allylic oxidation sites excluding steroid dienone is 3. The van der Waals surface area contributed by atoms with Crippen LogP contribution in [0.1, 0.15) is 36.9 Å². The van der Waals surface area contributed by atoms with E-state index in [2.05, 4.69) is 11.1 Å². The fourth-order valence-electron chi connectivity index (χ4n) is 2.78. The van der Waals surface area contributed by atoms with Gasteiger partial charge >= 0.3 is 0 Å². The molecule has 0 radical (unpaired) electrons. The molecule has 0 amide bonds. The van der Waals surface area contributed by atoms with Gasteiger partial charge in [-0.05, 0) is 43.0 Å². The van der Waals surface area contributed by atoms with Crippen molar-refractivity contribution >= 4 is 23.3 Å². The predicted molar refractivity (Wildman–Crippen MR) is 111 cm³/mol. The lowest BCUT2D eigenvalue weighted by atomic mass is 10.0. The molecular weight excluding hydrogens is 342 g/mol. The highest BCUT2D eigenvalue weighted by Crippen LogP contribution is 2.22. The van der Waals surface area contributed by atoms with Gasteiger partial charge in [0.15, 0.2) is 5.84 Å². The number of hydrogen-bond acceptors (Lipinski definition) is 1. The minimum atomic E-state index is -0.0827. The van der Waals surface area contributed by atoms with Crippen LogP contribution >= 0.6 is 11.6 Å². The summed E-state index contributed by atoms with van der Waals surface area (Å²) in [5.74, 6) is 1.15. The van der Waals surface area contributed by atoms with E-state index in [1.54, 1.807) is 0 Å². The van der Waals surface area contributed by atoms with Crippen LogP contribution in [-0.2, 0) is 0 Å². The zero-order chi connectivity index (χ0) is 18.4. The summed E-state index contributed by atoms with van der Waals surface area (Å²) in [5, 5.41) is 0.702. The zero-order valence-corrected chi connectivity index (χ0v) is 15.5. The Bertz CT molecular complexity index is 879. The summed E-state index contributed by atoms with van der Waals surface area (Å²) in [4.78, 5) is 9.51. The summed E-state index contributed by atoms with van der Waals surface area (Å²) in [6.45, 7) is 2.03. The molecule has 1 aliphatic carbocycles. The first-order chi connectivity index (χ1) is 12.6. The maximum Gasteiger partial charge on any atom is 0.157 e. The number of rotatable bonds is 4. The van der Waals surface area contributed by atoms with Crippen LogP contribution in [0.5, 0.6) is 0 Å². The van der Waals surface area contributed by atoms with E-state index in [9.17, 15) is 0 Å². The van der Waals surface area contributed by atoms with Crippen LogP contribution in [0.4, 0.5) is 0 Å². The Kier molecular flexibility index (Phi) is 6.03. The fourth-order valence-corrected chi connectivity index (χ4v) is 2.98. The molecule has 132 valence electrons. The highest BCUT2D eigenvalue weighted by Gasteiger charge is 2.11. The highest BCUT2D eigenvalue weighted by molar-refractivity contribution is 6.30. The molecule has 0 aromatic heterocycles. The first kappa shape index (κ1) is 18.2. The summed E-state index contributed by atoms with van der Waals surface area (Å²) in [5.41, 5.74) is 9.30. The second kappa shape index (κ2) is 8.63. The van der Waals surface area contributed by atoms with Gasteiger partial charge in [0.25, 0.3) is 0 Å². The molecule has 1 unspecified atom stereocenters. The number of benzene rings is 2. The number of halogens is 1. The van der Waals surface area contributed by atoms with E-state index in [1.807, 2.05) is 73.7 Å². The molecule has 0 spiro atoms. The Morgan fingerprint density at radius 2 is 1.92 bits per heavy atom. The van der Waals surface area contributed by atoms with Gasteiger partial charge in [0.1, 0.15) is 5.84 Å². The van der Waals surface area contributed by atoms with Crippen LogP contribution in [0.25, 0.3) is 0 Å². The van der Waals surface area contributed by atoms with Crippen LogP contribution in [-0.4, -0.2) is 11.7 Å². The van der Waals surface area contributed by atoms with Gasteiger partial charge in [0, 0.05) is 10.6 Å². The second-order valence-electron chi connectivity index (χ2n) is 6.21. The summed E-state index contributed by atoms with van der Waals surface area (Å²) in [7, 11) is 0. The Morgan fingerprint density at radius 3 is 2.62 bits per heavy atom. The third-order valence-corrected chi connectivity index (χ3v) is 4.48. The smallest absolute Gasteiger partial charge is 0.157 e. The molecular formula is C22H22ClN3. The van der Waals surface area contributed by atoms with Crippen molar-refractivity contribution in [1.82, 2.24) is 0 Å². The van der Waals surface area contributed by atoms with Crippen molar-refractivity contribution < 1.29 is 0 Å². The number of hydrogen-bond donors (Lipinski definition) is 1. The molecule has 0 fully saturated rings. The van der Waals surface area contributed by atoms with Gasteiger partial charge < -0.3 is 5.73 Å². The molecule has 0 saturated heterocycles. The third-order valence-electron chi connectivity index (χ3n) is 4.25. The van der Waals surface area contributed by atoms with Crippen LogP contribution in [0.3, 0.4) is 0 Å². The molecule has 1 aliphatic rings. The van der Waals surface area contributed by atoms with E-state index in [1.165, 1.54) is 0 Å².